The van der Waals surface area contributed by atoms with E-state index in [1.165, 1.54) is 25.7 Å². The Kier molecular flexibility index (Phi) is 6.24. The molecule has 2 rings (SSSR count). The van der Waals surface area contributed by atoms with Gasteiger partial charge in [0.15, 0.2) is 0 Å². The fourth-order valence-corrected chi connectivity index (χ4v) is 3.17. The van der Waals surface area contributed by atoms with Crippen molar-refractivity contribution < 1.29 is 4.79 Å². The molecule has 1 saturated carbocycles. The van der Waals surface area contributed by atoms with Crippen LogP contribution in [0.2, 0.25) is 0 Å². The summed E-state index contributed by atoms with van der Waals surface area (Å²) >= 11 is 0. The van der Waals surface area contributed by atoms with Crippen LogP contribution in [0.15, 0.2) is 24.3 Å². The summed E-state index contributed by atoms with van der Waals surface area (Å²) in [6.07, 6.45) is 7.07. The maximum absolute atomic E-state index is 12.6. The van der Waals surface area contributed by atoms with Gasteiger partial charge in [-0.1, -0.05) is 44.4 Å². The smallest absolute Gasteiger partial charge is 0.251 e. The zero-order chi connectivity index (χ0) is 15.1. The van der Waals surface area contributed by atoms with Gasteiger partial charge in [0.2, 0.25) is 0 Å². The van der Waals surface area contributed by atoms with Gasteiger partial charge in [0.25, 0.3) is 5.91 Å². The van der Waals surface area contributed by atoms with E-state index in [0.29, 0.717) is 12.0 Å². The third-order valence-corrected chi connectivity index (χ3v) is 4.58. The first-order valence-electron chi connectivity index (χ1n) is 8.25. The molecule has 2 unspecified atom stereocenters. The van der Waals surface area contributed by atoms with Crippen molar-refractivity contribution in [3.05, 3.63) is 35.4 Å². The van der Waals surface area contributed by atoms with Crippen molar-refractivity contribution in [2.24, 2.45) is 5.92 Å². The summed E-state index contributed by atoms with van der Waals surface area (Å²) in [6, 6.07) is 8.30. The van der Waals surface area contributed by atoms with E-state index in [9.17, 15) is 4.79 Å². The van der Waals surface area contributed by atoms with E-state index < -0.39 is 0 Å². The van der Waals surface area contributed by atoms with E-state index in [0.717, 1.165) is 30.5 Å². The Labute approximate surface area is 128 Å². The van der Waals surface area contributed by atoms with E-state index in [1.807, 2.05) is 25.2 Å². The Balaban J connectivity index is 2.05. The molecule has 3 nitrogen and oxygen atoms in total. The van der Waals surface area contributed by atoms with Gasteiger partial charge in [-0.15, -0.1) is 0 Å². The molecule has 0 spiro atoms. The molecule has 0 bridgehead atoms. The minimum Gasteiger partial charge on any atom is -0.349 e. The third-order valence-electron chi connectivity index (χ3n) is 4.58. The molecule has 2 atom stereocenters. The summed E-state index contributed by atoms with van der Waals surface area (Å²) in [6.45, 7) is 3.16. The van der Waals surface area contributed by atoms with Crippen LogP contribution in [0.4, 0.5) is 0 Å². The van der Waals surface area contributed by atoms with E-state index in [4.69, 9.17) is 0 Å². The van der Waals surface area contributed by atoms with Crippen molar-refractivity contribution in [1.29, 1.82) is 0 Å². The van der Waals surface area contributed by atoms with Crippen molar-refractivity contribution in [2.45, 2.75) is 51.5 Å². The van der Waals surface area contributed by atoms with Gasteiger partial charge in [0, 0.05) is 11.6 Å². The second-order valence-corrected chi connectivity index (χ2v) is 6.21. The Morgan fingerprint density at radius 3 is 2.76 bits per heavy atom. The van der Waals surface area contributed by atoms with Crippen LogP contribution in [0.1, 0.15) is 54.9 Å². The Morgan fingerprint density at radius 2 is 1.95 bits per heavy atom. The Bertz CT molecular complexity index is 458. The van der Waals surface area contributed by atoms with Crippen molar-refractivity contribution >= 4 is 5.91 Å². The van der Waals surface area contributed by atoms with Gasteiger partial charge >= 0.3 is 0 Å². The molecule has 0 heterocycles. The summed E-state index contributed by atoms with van der Waals surface area (Å²) in [7, 11) is 1.94. The maximum Gasteiger partial charge on any atom is 0.251 e. The molecule has 1 aromatic carbocycles. The number of benzene rings is 1. The van der Waals surface area contributed by atoms with Crippen LogP contribution in [0.5, 0.6) is 0 Å². The fourth-order valence-electron chi connectivity index (χ4n) is 3.17. The molecular formula is C18H28N2O. The van der Waals surface area contributed by atoms with Crippen LogP contribution in [0, 0.1) is 5.92 Å². The minimum absolute atomic E-state index is 0.0976. The number of rotatable bonds is 5. The topological polar surface area (TPSA) is 41.1 Å². The van der Waals surface area contributed by atoms with Crippen molar-refractivity contribution in [3.63, 3.8) is 0 Å². The number of carbonyl (C=O) groups is 1. The predicted molar refractivity (Wildman–Crippen MR) is 87.6 cm³/mol. The van der Waals surface area contributed by atoms with Crippen LogP contribution in [0.3, 0.4) is 0 Å². The van der Waals surface area contributed by atoms with Crippen LogP contribution >= 0.6 is 0 Å². The molecule has 1 amide bonds. The first-order chi connectivity index (χ1) is 10.2. The predicted octanol–water partition coefficient (Wildman–Crippen LogP) is 3.15. The molecule has 1 aliphatic carbocycles. The molecule has 21 heavy (non-hydrogen) atoms. The summed E-state index contributed by atoms with van der Waals surface area (Å²) in [5.41, 5.74) is 1.97. The Hall–Kier alpha value is -1.35. The highest BCUT2D eigenvalue weighted by molar-refractivity contribution is 5.95. The number of amides is 1. The molecule has 3 heteroatoms. The normalized spacial score (nSPS) is 22.6. The van der Waals surface area contributed by atoms with Crippen molar-refractivity contribution in [2.75, 3.05) is 13.6 Å². The molecule has 0 aliphatic heterocycles. The van der Waals surface area contributed by atoms with Gasteiger partial charge in [-0.2, -0.15) is 0 Å². The van der Waals surface area contributed by atoms with E-state index in [1.54, 1.807) is 0 Å². The van der Waals surface area contributed by atoms with Gasteiger partial charge in [0.1, 0.15) is 0 Å². The molecule has 116 valence electrons. The average Bonchev–Trinajstić information content (AvgIpc) is 2.70. The third kappa shape index (κ3) is 4.57. The number of nitrogens with one attached hydrogen (secondary N) is 2. The molecule has 0 aromatic heterocycles. The van der Waals surface area contributed by atoms with Crippen LogP contribution < -0.4 is 10.6 Å². The number of hydrogen-bond donors (Lipinski definition) is 2. The maximum atomic E-state index is 12.6. The SMILES string of the molecule is CNCCc1ccccc1C(=O)NC1CCCCCC1C. The lowest BCUT2D eigenvalue weighted by molar-refractivity contribution is 0.0920. The monoisotopic (exact) mass is 288 g/mol. The van der Waals surface area contributed by atoms with Gasteiger partial charge in [0.05, 0.1) is 0 Å². The van der Waals surface area contributed by atoms with E-state index in [2.05, 4.69) is 23.6 Å². The molecule has 0 radical (unpaired) electrons. The fraction of sp³-hybridized carbons (Fsp3) is 0.611. The van der Waals surface area contributed by atoms with Crippen LogP contribution in [-0.4, -0.2) is 25.5 Å². The lowest BCUT2D eigenvalue weighted by Gasteiger charge is -2.23. The standard InChI is InChI=1S/C18H28N2O/c1-14-8-4-3-5-11-17(14)20-18(21)16-10-7-6-9-15(16)12-13-19-2/h6-7,9-10,14,17,19H,3-5,8,11-13H2,1-2H3,(H,20,21). The van der Waals surface area contributed by atoms with E-state index in [-0.39, 0.29) is 5.91 Å². The lowest BCUT2D eigenvalue weighted by atomic mass is 9.96. The molecule has 1 aliphatic rings. The molecular weight excluding hydrogens is 260 g/mol. The quantitative estimate of drug-likeness (QED) is 0.817. The van der Waals surface area contributed by atoms with Gasteiger partial charge in [-0.25, -0.2) is 0 Å². The highest BCUT2D eigenvalue weighted by Gasteiger charge is 2.22. The van der Waals surface area contributed by atoms with Crippen LogP contribution in [-0.2, 0) is 6.42 Å². The first kappa shape index (κ1) is 16.0. The zero-order valence-corrected chi connectivity index (χ0v) is 13.3. The summed E-state index contributed by atoms with van der Waals surface area (Å²) in [5.74, 6) is 0.682. The second-order valence-electron chi connectivity index (χ2n) is 6.21. The highest BCUT2D eigenvalue weighted by Crippen LogP contribution is 2.23. The number of likely N-dealkylation sites (N-methyl/N-ethyl adjacent to an activating group) is 1. The first-order valence-corrected chi connectivity index (χ1v) is 8.25. The lowest BCUT2D eigenvalue weighted by Crippen LogP contribution is -2.39. The molecule has 0 saturated heterocycles. The van der Waals surface area contributed by atoms with Crippen molar-refractivity contribution in [1.82, 2.24) is 10.6 Å². The van der Waals surface area contributed by atoms with Crippen molar-refractivity contribution in [3.8, 4) is 0 Å². The van der Waals surface area contributed by atoms with Gasteiger partial charge in [-0.3, -0.25) is 4.79 Å². The average molecular weight is 288 g/mol. The van der Waals surface area contributed by atoms with E-state index >= 15 is 0 Å². The van der Waals surface area contributed by atoms with Gasteiger partial charge < -0.3 is 10.6 Å². The summed E-state index contributed by atoms with van der Waals surface area (Å²) < 4.78 is 0. The Morgan fingerprint density at radius 1 is 1.19 bits per heavy atom. The molecule has 2 N–H and O–H groups in total. The van der Waals surface area contributed by atoms with Gasteiger partial charge in [-0.05, 0) is 50.4 Å². The molecule has 1 fully saturated rings. The molecule has 1 aromatic rings. The minimum atomic E-state index is 0.0976. The number of hydrogen-bond acceptors (Lipinski definition) is 2. The number of carbonyl (C=O) groups excluding carboxylic acids is 1. The van der Waals surface area contributed by atoms with Crippen LogP contribution in [0.25, 0.3) is 0 Å². The summed E-state index contributed by atoms with van der Waals surface area (Å²) in [4.78, 5) is 12.6. The zero-order valence-electron chi connectivity index (χ0n) is 13.3. The summed E-state index contributed by atoms with van der Waals surface area (Å²) in [5, 5.41) is 6.43. The second kappa shape index (κ2) is 8.18. The highest BCUT2D eigenvalue weighted by atomic mass is 16.1. The largest absolute Gasteiger partial charge is 0.349 e.